The van der Waals surface area contributed by atoms with Gasteiger partial charge in [0.05, 0.1) is 35.7 Å². The van der Waals surface area contributed by atoms with Gasteiger partial charge in [0.25, 0.3) is 0 Å². The van der Waals surface area contributed by atoms with Crippen molar-refractivity contribution in [3.05, 3.63) is 71.8 Å². The maximum Gasteiger partial charge on any atom is 0.337 e. The van der Waals surface area contributed by atoms with Crippen LogP contribution in [0.5, 0.6) is 11.5 Å². The van der Waals surface area contributed by atoms with Gasteiger partial charge in [-0.05, 0) is 73.5 Å². The summed E-state index contributed by atoms with van der Waals surface area (Å²) in [6.07, 6.45) is 11.6. The van der Waals surface area contributed by atoms with Gasteiger partial charge in [-0.15, -0.1) is 0 Å². The number of aromatic carboxylic acids is 2. The van der Waals surface area contributed by atoms with Crippen LogP contribution in [0.1, 0.15) is 98.8 Å². The number of ether oxygens (including phenoxy) is 2. The maximum absolute atomic E-state index is 12.1. The van der Waals surface area contributed by atoms with Crippen LogP contribution in [0.4, 0.5) is 22.7 Å². The van der Waals surface area contributed by atoms with Crippen LogP contribution in [-0.4, -0.2) is 35.4 Å². The monoisotopic (exact) mass is 576 g/mol. The van der Waals surface area contributed by atoms with Gasteiger partial charge in [-0.2, -0.15) is 0 Å². The SMILES string of the molecule is CCCCCCCOc1ccc(Nc2cc(C(=O)O)c(Nc3ccc(OCCCCCCC)cc3)cc2C(=O)O)cc1. The van der Waals surface area contributed by atoms with E-state index in [9.17, 15) is 19.8 Å². The lowest BCUT2D eigenvalue weighted by Gasteiger charge is -2.16. The third kappa shape index (κ3) is 10.7. The zero-order valence-corrected chi connectivity index (χ0v) is 24.8. The standard InChI is InChI=1S/C34H44N2O6/c1-3-5-7-9-11-21-41-27-17-13-25(14-18-27)35-31-23-30(34(39)40)32(24-29(31)33(37)38)36-26-15-19-28(20-16-26)42-22-12-10-8-6-4-2/h13-20,23-24,35-36H,3-12,21-22H2,1-2H3,(H,37,38)(H,39,40). The number of carboxylic acids is 2. The molecule has 3 rings (SSSR count). The molecule has 3 aromatic carbocycles. The van der Waals surface area contributed by atoms with Crippen LogP contribution in [0.15, 0.2) is 60.7 Å². The number of carbonyl (C=O) groups is 2. The van der Waals surface area contributed by atoms with Gasteiger partial charge in [0, 0.05) is 11.4 Å². The van der Waals surface area contributed by atoms with Crippen LogP contribution in [0.25, 0.3) is 0 Å². The zero-order valence-electron chi connectivity index (χ0n) is 24.8. The molecule has 0 saturated carbocycles. The second kappa shape index (κ2) is 17.6. The van der Waals surface area contributed by atoms with Crippen molar-refractivity contribution in [2.75, 3.05) is 23.8 Å². The molecular weight excluding hydrogens is 532 g/mol. The molecule has 0 aromatic heterocycles. The number of hydrogen-bond acceptors (Lipinski definition) is 6. The van der Waals surface area contributed by atoms with E-state index in [0.717, 1.165) is 37.2 Å². The van der Waals surface area contributed by atoms with E-state index in [1.165, 1.54) is 50.7 Å². The molecule has 0 spiro atoms. The van der Waals surface area contributed by atoms with Gasteiger partial charge >= 0.3 is 11.9 Å². The Hall–Kier alpha value is -4.20. The highest BCUT2D eigenvalue weighted by Gasteiger charge is 2.19. The molecule has 8 nitrogen and oxygen atoms in total. The van der Waals surface area contributed by atoms with E-state index >= 15 is 0 Å². The Morgan fingerprint density at radius 1 is 0.571 bits per heavy atom. The Balaban J connectivity index is 1.66. The highest BCUT2D eigenvalue weighted by molar-refractivity contribution is 6.03. The summed E-state index contributed by atoms with van der Waals surface area (Å²) in [5.41, 5.74) is 1.47. The predicted octanol–water partition coefficient (Wildman–Crippen LogP) is 9.27. The average Bonchev–Trinajstić information content (AvgIpc) is 2.98. The summed E-state index contributed by atoms with van der Waals surface area (Å²) in [7, 11) is 0. The minimum Gasteiger partial charge on any atom is -0.494 e. The fourth-order valence-corrected chi connectivity index (χ4v) is 4.53. The van der Waals surface area contributed by atoms with Crippen molar-refractivity contribution in [2.24, 2.45) is 0 Å². The number of rotatable bonds is 20. The highest BCUT2D eigenvalue weighted by atomic mass is 16.5. The zero-order chi connectivity index (χ0) is 30.2. The smallest absolute Gasteiger partial charge is 0.337 e. The van der Waals surface area contributed by atoms with E-state index in [0.29, 0.717) is 24.6 Å². The van der Waals surface area contributed by atoms with E-state index in [1.807, 2.05) is 24.3 Å². The molecule has 0 fully saturated rings. The topological polar surface area (TPSA) is 117 Å². The lowest BCUT2D eigenvalue weighted by molar-refractivity contribution is 0.0683. The van der Waals surface area contributed by atoms with Gasteiger partial charge in [0.2, 0.25) is 0 Å². The molecule has 0 aliphatic rings. The van der Waals surface area contributed by atoms with Gasteiger partial charge in [-0.1, -0.05) is 65.2 Å². The molecule has 226 valence electrons. The molecule has 0 bridgehead atoms. The lowest BCUT2D eigenvalue weighted by Crippen LogP contribution is -2.09. The van der Waals surface area contributed by atoms with Crippen LogP contribution in [0.3, 0.4) is 0 Å². The number of carboxylic acid groups (broad SMARTS) is 2. The summed E-state index contributed by atoms with van der Waals surface area (Å²) in [5, 5.41) is 25.9. The minimum absolute atomic E-state index is 0.0575. The first-order chi connectivity index (χ1) is 20.4. The van der Waals surface area contributed by atoms with E-state index in [-0.39, 0.29) is 22.5 Å². The summed E-state index contributed by atoms with van der Waals surface area (Å²) in [4.78, 5) is 24.3. The summed E-state index contributed by atoms with van der Waals surface area (Å²) in [6.45, 7) is 5.66. The predicted molar refractivity (Wildman–Crippen MR) is 168 cm³/mol. The molecule has 42 heavy (non-hydrogen) atoms. The first-order valence-electron chi connectivity index (χ1n) is 15.1. The molecular formula is C34H44N2O6. The van der Waals surface area contributed by atoms with Gasteiger partial charge in [0.1, 0.15) is 11.5 Å². The third-order valence-corrected chi connectivity index (χ3v) is 6.92. The quantitative estimate of drug-likeness (QED) is 0.0983. The van der Waals surface area contributed by atoms with E-state index in [2.05, 4.69) is 24.5 Å². The largest absolute Gasteiger partial charge is 0.494 e. The molecule has 0 aliphatic carbocycles. The minimum atomic E-state index is -1.18. The van der Waals surface area contributed by atoms with Gasteiger partial charge < -0.3 is 30.3 Å². The second-order valence-corrected chi connectivity index (χ2v) is 10.4. The number of hydrogen-bond donors (Lipinski definition) is 4. The maximum atomic E-state index is 12.1. The van der Waals surface area contributed by atoms with Crippen LogP contribution < -0.4 is 20.1 Å². The normalized spacial score (nSPS) is 10.7. The summed E-state index contributed by atoms with van der Waals surface area (Å²) < 4.78 is 11.6. The fourth-order valence-electron chi connectivity index (χ4n) is 4.53. The fraction of sp³-hybridized carbons (Fsp3) is 0.412. The average molecular weight is 577 g/mol. The molecule has 4 N–H and O–H groups in total. The molecule has 0 aliphatic heterocycles. The molecule has 3 aromatic rings. The Labute approximate surface area is 249 Å². The van der Waals surface area contributed by atoms with Crippen molar-refractivity contribution < 1.29 is 29.3 Å². The Morgan fingerprint density at radius 2 is 0.929 bits per heavy atom. The molecule has 0 heterocycles. The summed E-state index contributed by atoms with van der Waals surface area (Å²) in [5.74, 6) is -0.904. The molecule has 0 radical (unpaired) electrons. The number of benzene rings is 3. The van der Waals surface area contributed by atoms with Crippen molar-refractivity contribution in [1.82, 2.24) is 0 Å². The van der Waals surface area contributed by atoms with Crippen LogP contribution in [0, 0.1) is 0 Å². The van der Waals surface area contributed by atoms with Crippen molar-refractivity contribution >= 4 is 34.7 Å². The van der Waals surface area contributed by atoms with Gasteiger partial charge in [-0.3, -0.25) is 0 Å². The molecule has 0 saturated heterocycles. The number of anilines is 4. The van der Waals surface area contributed by atoms with E-state index in [1.54, 1.807) is 24.3 Å². The molecule has 0 amide bonds. The molecule has 0 unspecified atom stereocenters. The second-order valence-electron chi connectivity index (χ2n) is 10.4. The summed E-state index contributed by atoms with van der Waals surface area (Å²) in [6, 6.07) is 17.0. The van der Waals surface area contributed by atoms with Crippen molar-refractivity contribution in [3.63, 3.8) is 0 Å². The lowest BCUT2D eigenvalue weighted by atomic mass is 10.0. The summed E-state index contributed by atoms with van der Waals surface area (Å²) >= 11 is 0. The molecule has 0 atom stereocenters. The van der Waals surface area contributed by atoms with Crippen LogP contribution in [-0.2, 0) is 0 Å². The van der Waals surface area contributed by atoms with E-state index < -0.39 is 11.9 Å². The van der Waals surface area contributed by atoms with Crippen molar-refractivity contribution in [2.45, 2.75) is 78.1 Å². The third-order valence-electron chi connectivity index (χ3n) is 6.92. The first kappa shape index (κ1) is 32.3. The number of unbranched alkanes of at least 4 members (excludes halogenated alkanes) is 8. The Bertz CT molecular complexity index is 1160. The van der Waals surface area contributed by atoms with Crippen LogP contribution in [0.2, 0.25) is 0 Å². The Kier molecular flexibility index (Phi) is 13.5. The molecule has 8 heteroatoms. The van der Waals surface area contributed by atoms with Gasteiger partial charge in [0.15, 0.2) is 0 Å². The van der Waals surface area contributed by atoms with E-state index in [4.69, 9.17) is 9.47 Å². The van der Waals surface area contributed by atoms with Crippen molar-refractivity contribution in [3.8, 4) is 11.5 Å². The Morgan fingerprint density at radius 3 is 1.26 bits per heavy atom. The highest BCUT2D eigenvalue weighted by Crippen LogP contribution is 2.31. The first-order valence-corrected chi connectivity index (χ1v) is 15.1. The van der Waals surface area contributed by atoms with Crippen LogP contribution >= 0.6 is 0 Å². The van der Waals surface area contributed by atoms with Crippen molar-refractivity contribution in [1.29, 1.82) is 0 Å². The number of nitrogens with one attached hydrogen (secondary N) is 2. The van der Waals surface area contributed by atoms with Gasteiger partial charge in [-0.25, -0.2) is 9.59 Å².